The summed E-state index contributed by atoms with van der Waals surface area (Å²) in [6.45, 7) is 1.38. The van der Waals surface area contributed by atoms with Gasteiger partial charge >= 0.3 is 15.2 Å². The van der Waals surface area contributed by atoms with Crippen molar-refractivity contribution >= 4 is 15.2 Å². The molecule has 0 rings (SSSR count). The summed E-state index contributed by atoms with van der Waals surface area (Å²) in [5.74, 6) is 0. The molecule has 0 fully saturated rings. The van der Waals surface area contributed by atoms with Crippen LogP contribution < -0.4 is 0 Å². The second-order valence-electron chi connectivity index (χ2n) is 3.70. The SMILES string of the molecule is CC(O)(CC(C)(O)P(=O)(O)O)P(=O)(O)O. The molecule has 0 radical (unpaired) electrons. The van der Waals surface area contributed by atoms with Gasteiger partial charge in [-0.05, 0) is 13.8 Å². The molecular formula is C5H14O8P2. The normalized spacial score (nSPS) is 21.9. The molecule has 2 unspecified atom stereocenters. The largest absolute Gasteiger partial charge is 0.377 e. The number of aliphatic hydroxyl groups is 2. The van der Waals surface area contributed by atoms with Crippen LogP contribution in [0.1, 0.15) is 20.3 Å². The van der Waals surface area contributed by atoms with Gasteiger partial charge in [-0.25, -0.2) is 0 Å². The third-order valence-corrected chi connectivity index (χ3v) is 4.75. The molecule has 0 aromatic carbocycles. The van der Waals surface area contributed by atoms with Crippen molar-refractivity contribution in [3.63, 3.8) is 0 Å². The predicted molar refractivity (Wildman–Crippen MR) is 50.0 cm³/mol. The van der Waals surface area contributed by atoms with Gasteiger partial charge in [0.05, 0.1) is 0 Å². The monoisotopic (exact) mass is 264 g/mol. The van der Waals surface area contributed by atoms with Crippen molar-refractivity contribution in [2.45, 2.75) is 31.0 Å². The molecule has 0 heterocycles. The van der Waals surface area contributed by atoms with E-state index in [1.54, 1.807) is 0 Å². The average molecular weight is 264 g/mol. The van der Waals surface area contributed by atoms with Crippen molar-refractivity contribution in [1.29, 1.82) is 0 Å². The maximum absolute atomic E-state index is 10.7. The summed E-state index contributed by atoms with van der Waals surface area (Å²) in [6, 6.07) is 0. The third kappa shape index (κ3) is 3.62. The minimum absolute atomic E-state index is 0.692. The van der Waals surface area contributed by atoms with E-state index in [4.69, 9.17) is 19.6 Å². The highest BCUT2D eigenvalue weighted by molar-refractivity contribution is 7.54. The van der Waals surface area contributed by atoms with Gasteiger partial charge in [0.1, 0.15) is 0 Å². The molecular weight excluding hydrogens is 250 g/mol. The Kier molecular flexibility index (Phi) is 3.96. The van der Waals surface area contributed by atoms with Crippen LogP contribution in [0.5, 0.6) is 0 Å². The molecule has 0 aromatic heterocycles. The standard InChI is InChI=1S/C5H14O8P2/c1-4(6,14(8,9)10)3-5(2,7)15(11,12)13/h6-7H,3H2,1-2H3,(H2,8,9,10)(H2,11,12,13). The van der Waals surface area contributed by atoms with Gasteiger partial charge in [-0.15, -0.1) is 0 Å². The smallest absolute Gasteiger partial charge is 0.356 e. The molecule has 10 heteroatoms. The van der Waals surface area contributed by atoms with Crippen molar-refractivity contribution in [1.82, 2.24) is 0 Å². The van der Waals surface area contributed by atoms with Gasteiger partial charge in [0.15, 0.2) is 10.7 Å². The molecule has 8 nitrogen and oxygen atoms in total. The Morgan fingerprint density at radius 1 is 0.867 bits per heavy atom. The zero-order valence-corrected chi connectivity index (χ0v) is 9.89. The molecule has 92 valence electrons. The highest BCUT2D eigenvalue weighted by Gasteiger charge is 2.51. The molecule has 0 aliphatic carbocycles. The predicted octanol–water partition coefficient (Wildman–Crippen LogP) is -0.851. The second-order valence-corrected chi connectivity index (χ2v) is 7.80. The Hall–Kier alpha value is 0.220. The van der Waals surface area contributed by atoms with Gasteiger partial charge in [0.2, 0.25) is 0 Å². The first-order valence-electron chi connectivity index (χ1n) is 3.77. The highest BCUT2D eigenvalue weighted by Crippen LogP contribution is 2.59. The zero-order chi connectivity index (χ0) is 12.7. The topological polar surface area (TPSA) is 156 Å². The van der Waals surface area contributed by atoms with Crippen LogP contribution in [-0.2, 0) is 9.13 Å². The summed E-state index contributed by atoms with van der Waals surface area (Å²) in [6.07, 6.45) is -1.14. The molecule has 2 atom stereocenters. The first kappa shape index (κ1) is 15.2. The fourth-order valence-corrected chi connectivity index (χ4v) is 1.99. The maximum Gasteiger partial charge on any atom is 0.356 e. The average Bonchev–Trinajstić information content (AvgIpc) is 1.77. The summed E-state index contributed by atoms with van der Waals surface area (Å²) >= 11 is 0. The van der Waals surface area contributed by atoms with Crippen molar-refractivity contribution in [2.75, 3.05) is 0 Å². The van der Waals surface area contributed by atoms with Gasteiger partial charge < -0.3 is 29.8 Å². The summed E-state index contributed by atoms with van der Waals surface area (Å²) in [5, 5.41) is 13.2. The van der Waals surface area contributed by atoms with E-state index in [2.05, 4.69) is 0 Å². The van der Waals surface area contributed by atoms with Crippen LogP contribution in [0.15, 0.2) is 0 Å². The van der Waals surface area contributed by atoms with Crippen LogP contribution in [0.3, 0.4) is 0 Å². The lowest BCUT2D eigenvalue weighted by molar-refractivity contribution is 0.0166. The molecule has 0 saturated carbocycles. The zero-order valence-electron chi connectivity index (χ0n) is 8.10. The molecule has 0 spiro atoms. The molecule has 0 saturated heterocycles. The molecule has 15 heavy (non-hydrogen) atoms. The van der Waals surface area contributed by atoms with Gasteiger partial charge in [-0.1, -0.05) is 0 Å². The Morgan fingerprint density at radius 3 is 1.20 bits per heavy atom. The van der Waals surface area contributed by atoms with Gasteiger partial charge in [0.25, 0.3) is 0 Å². The van der Waals surface area contributed by atoms with Crippen LogP contribution in [0.4, 0.5) is 0 Å². The highest BCUT2D eigenvalue weighted by atomic mass is 31.2. The van der Waals surface area contributed by atoms with Gasteiger partial charge in [-0.2, -0.15) is 0 Å². The van der Waals surface area contributed by atoms with E-state index in [9.17, 15) is 19.3 Å². The molecule has 0 bridgehead atoms. The van der Waals surface area contributed by atoms with Crippen LogP contribution in [0.25, 0.3) is 0 Å². The number of hydrogen-bond donors (Lipinski definition) is 6. The van der Waals surface area contributed by atoms with Crippen LogP contribution in [0.2, 0.25) is 0 Å². The summed E-state index contributed by atoms with van der Waals surface area (Å²) in [4.78, 5) is 34.7. The molecule has 0 aliphatic heterocycles. The second kappa shape index (κ2) is 3.91. The fraction of sp³-hybridized carbons (Fsp3) is 1.00. The third-order valence-electron chi connectivity index (χ3n) is 1.92. The van der Waals surface area contributed by atoms with E-state index in [1.165, 1.54) is 0 Å². The minimum atomic E-state index is -4.98. The van der Waals surface area contributed by atoms with Crippen molar-refractivity contribution in [3.8, 4) is 0 Å². The first-order valence-corrected chi connectivity index (χ1v) is 6.99. The summed E-state index contributed by atoms with van der Waals surface area (Å²) in [7, 11) is -9.96. The minimum Gasteiger partial charge on any atom is -0.377 e. The van der Waals surface area contributed by atoms with E-state index in [-0.39, 0.29) is 0 Å². The van der Waals surface area contributed by atoms with Crippen LogP contribution >= 0.6 is 15.2 Å². The number of rotatable bonds is 4. The Labute approximate surface area is 85.9 Å². The lowest BCUT2D eigenvalue weighted by Gasteiger charge is -2.32. The molecule has 0 aliphatic rings. The van der Waals surface area contributed by atoms with Crippen molar-refractivity contribution in [3.05, 3.63) is 0 Å². The molecule has 0 aromatic rings. The van der Waals surface area contributed by atoms with Crippen molar-refractivity contribution in [2.24, 2.45) is 0 Å². The summed E-state index contributed by atoms with van der Waals surface area (Å²) in [5.41, 5.74) is 0. The van der Waals surface area contributed by atoms with Gasteiger partial charge in [0, 0.05) is 6.42 Å². The van der Waals surface area contributed by atoms with Gasteiger partial charge in [-0.3, -0.25) is 9.13 Å². The van der Waals surface area contributed by atoms with E-state index in [0.29, 0.717) is 13.8 Å². The molecule has 6 N–H and O–H groups in total. The van der Waals surface area contributed by atoms with Crippen LogP contribution in [-0.4, -0.2) is 40.5 Å². The Balaban J connectivity index is 5.07. The Morgan fingerprint density at radius 2 is 1.07 bits per heavy atom. The lowest BCUT2D eigenvalue weighted by Crippen LogP contribution is -2.37. The van der Waals surface area contributed by atoms with Crippen LogP contribution in [0, 0.1) is 0 Å². The van der Waals surface area contributed by atoms with Crippen molar-refractivity contribution < 1.29 is 38.9 Å². The lowest BCUT2D eigenvalue weighted by atomic mass is 10.2. The maximum atomic E-state index is 10.7. The van der Waals surface area contributed by atoms with E-state index in [0.717, 1.165) is 0 Å². The summed E-state index contributed by atoms with van der Waals surface area (Å²) < 4.78 is 21.5. The molecule has 0 amide bonds. The van der Waals surface area contributed by atoms with E-state index >= 15 is 0 Å². The Bertz CT molecular complexity index is 290. The van der Waals surface area contributed by atoms with E-state index in [1.807, 2.05) is 0 Å². The quantitative estimate of drug-likeness (QED) is 0.358. The number of hydrogen-bond acceptors (Lipinski definition) is 4. The van der Waals surface area contributed by atoms with E-state index < -0.39 is 32.3 Å². The first-order chi connectivity index (χ1) is 6.21. The fourth-order valence-electron chi connectivity index (χ4n) is 0.840.